The summed E-state index contributed by atoms with van der Waals surface area (Å²) >= 11 is 0. The van der Waals surface area contributed by atoms with E-state index in [0.717, 1.165) is 6.42 Å². The summed E-state index contributed by atoms with van der Waals surface area (Å²) in [6, 6.07) is 5.99. The van der Waals surface area contributed by atoms with Crippen molar-refractivity contribution in [3.63, 3.8) is 0 Å². The summed E-state index contributed by atoms with van der Waals surface area (Å²) in [6.07, 6.45) is -0.0658. The van der Waals surface area contributed by atoms with Crippen molar-refractivity contribution in [2.75, 3.05) is 13.2 Å². The first kappa shape index (κ1) is 17.5. The van der Waals surface area contributed by atoms with E-state index in [1.165, 1.54) is 31.2 Å². The quantitative estimate of drug-likeness (QED) is 0.685. The van der Waals surface area contributed by atoms with Crippen LogP contribution in [0.4, 0.5) is 0 Å². The lowest BCUT2D eigenvalue weighted by molar-refractivity contribution is -0.129. The van der Waals surface area contributed by atoms with E-state index < -0.39 is 18.0 Å². The lowest BCUT2D eigenvalue weighted by atomic mass is 10.2. The van der Waals surface area contributed by atoms with E-state index in [0.29, 0.717) is 12.3 Å². The fourth-order valence-electron chi connectivity index (χ4n) is 1.52. The average Bonchev–Trinajstić information content (AvgIpc) is 2.50. The zero-order valence-corrected chi connectivity index (χ0v) is 12.6. The second kappa shape index (κ2) is 8.66. The second-order valence-electron chi connectivity index (χ2n) is 4.62. The van der Waals surface area contributed by atoms with Crippen molar-refractivity contribution in [3.8, 4) is 5.75 Å². The van der Waals surface area contributed by atoms with Crippen LogP contribution in [0.15, 0.2) is 24.3 Å². The van der Waals surface area contributed by atoms with E-state index in [1.54, 1.807) is 0 Å². The van der Waals surface area contributed by atoms with Crippen LogP contribution in [-0.4, -0.2) is 37.0 Å². The number of hydrogen-bond donors (Lipinski definition) is 2. The first-order valence-corrected chi connectivity index (χ1v) is 6.94. The molecule has 0 aromatic heterocycles. The summed E-state index contributed by atoms with van der Waals surface area (Å²) in [4.78, 5) is 34.1. The summed E-state index contributed by atoms with van der Waals surface area (Å²) in [5.41, 5.74) is 5.24. The summed E-state index contributed by atoms with van der Waals surface area (Å²) in [6.45, 7) is 3.73. The van der Waals surface area contributed by atoms with E-state index in [1.807, 2.05) is 6.92 Å². The minimum Gasteiger partial charge on any atom is -0.484 e. The number of carbonyl (C=O) groups is 3. The third-order valence-electron chi connectivity index (χ3n) is 2.67. The summed E-state index contributed by atoms with van der Waals surface area (Å²) < 4.78 is 10.1. The van der Waals surface area contributed by atoms with Gasteiger partial charge in [0.15, 0.2) is 12.7 Å². The molecule has 2 amide bonds. The standard InChI is InChI=1S/C15H20N2O5/c1-3-8-17-14(19)10(2)22-15(20)11-4-6-12(7-5-11)21-9-13(16)18/h4-7,10H,3,8-9H2,1-2H3,(H2,16,18)(H,17,19)/t10-/m0/s1. The Kier molecular flexibility index (Phi) is 6.88. The number of ether oxygens (including phenoxy) is 2. The first-order valence-electron chi connectivity index (χ1n) is 6.94. The molecule has 1 aromatic carbocycles. The fourth-order valence-corrected chi connectivity index (χ4v) is 1.52. The third-order valence-corrected chi connectivity index (χ3v) is 2.67. The van der Waals surface area contributed by atoms with Crippen LogP contribution >= 0.6 is 0 Å². The van der Waals surface area contributed by atoms with Crippen LogP contribution in [0.3, 0.4) is 0 Å². The monoisotopic (exact) mass is 308 g/mol. The highest BCUT2D eigenvalue weighted by molar-refractivity contribution is 5.92. The molecule has 0 unspecified atom stereocenters. The number of esters is 1. The van der Waals surface area contributed by atoms with Gasteiger partial charge in [-0.25, -0.2) is 4.79 Å². The van der Waals surface area contributed by atoms with Crippen molar-refractivity contribution in [3.05, 3.63) is 29.8 Å². The number of carbonyl (C=O) groups excluding carboxylic acids is 3. The minimum atomic E-state index is -0.871. The largest absolute Gasteiger partial charge is 0.484 e. The van der Waals surface area contributed by atoms with Gasteiger partial charge in [-0.2, -0.15) is 0 Å². The van der Waals surface area contributed by atoms with E-state index in [9.17, 15) is 14.4 Å². The van der Waals surface area contributed by atoms with Gasteiger partial charge in [0.05, 0.1) is 5.56 Å². The molecule has 0 heterocycles. The zero-order valence-electron chi connectivity index (χ0n) is 12.6. The molecule has 0 spiro atoms. The summed E-state index contributed by atoms with van der Waals surface area (Å²) in [5, 5.41) is 2.65. The van der Waals surface area contributed by atoms with Crippen molar-refractivity contribution < 1.29 is 23.9 Å². The molecule has 1 rings (SSSR count). The van der Waals surface area contributed by atoms with Gasteiger partial charge in [0.25, 0.3) is 11.8 Å². The maximum absolute atomic E-state index is 11.9. The normalized spacial score (nSPS) is 11.4. The number of benzene rings is 1. The van der Waals surface area contributed by atoms with E-state index in [2.05, 4.69) is 5.32 Å². The Morgan fingerprint density at radius 3 is 2.41 bits per heavy atom. The molecule has 22 heavy (non-hydrogen) atoms. The van der Waals surface area contributed by atoms with Crippen molar-refractivity contribution in [1.82, 2.24) is 5.32 Å². The SMILES string of the molecule is CCCNC(=O)[C@H](C)OC(=O)c1ccc(OCC(N)=O)cc1. The molecule has 0 saturated heterocycles. The molecule has 1 aromatic rings. The fraction of sp³-hybridized carbons (Fsp3) is 0.400. The Morgan fingerprint density at radius 2 is 1.86 bits per heavy atom. The van der Waals surface area contributed by atoms with Crippen LogP contribution in [0.25, 0.3) is 0 Å². The van der Waals surface area contributed by atoms with Gasteiger partial charge in [0.1, 0.15) is 5.75 Å². The van der Waals surface area contributed by atoms with Gasteiger partial charge in [0.2, 0.25) is 0 Å². The highest BCUT2D eigenvalue weighted by Gasteiger charge is 2.18. The van der Waals surface area contributed by atoms with Crippen LogP contribution < -0.4 is 15.8 Å². The third kappa shape index (κ3) is 5.82. The molecule has 0 aliphatic carbocycles. The highest BCUT2D eigenvalue weighted by atomic mass is 16.5. The molecule has 0 aliphatic heterocycles. The Morgan fingerprint density at radius 1 is 1.23 bits per heavy atom. The highest BCUT2D eigenvalue weighted by Crippen LogP contribution is 2.13. The number of nitrogens with two attached hydrogens (primary N) is 1. The molecular formula is C15H20N2O5. The number of primary amides is 1. The Bertz CT molecular complexity index is 527. The smallest absolute Gasteiger partial charge is 0.338 e. The Balaban J connectivity index is 2.54. The minimum absolute atomic E-state index is 0.238. The molecule has 3 N–H and O–H groups in total. The van der Waals surface area contributed by atoms with Gasteiger partial charge in [-0.3, -0.25) is 9.59 Å². The predicted molar refractivity (Wildman–Crippen MR) is 79.3 cm³/mol. The predicted octanol–water partition coefficient (Wildman–Crippen LogP) is 0.622. The van der Waals surface area contributed by atoms with Crippen molar-refractivity contribution in [1.29, 1.82) is 0 Å². The number of hydrogen-bond acceptors (Lipinski definition) is 5. The van der Waals surface area contributed by atoms with E-state index in [4.69, 9.17) is 15.2 Å². The molecule has 0 radical (unpaired) electrons. The number of rotatable bonds is 8. The second-order valence-corrected chi connectivity index (χ2v) is 4.62. The molecule has 0 fully saturated rings. The van der Waals surface area contributed by atoms with Gasteiger partial charge in [-0.1, -0.05) is 6.92 Å². The summed E-state index contributed by atoms with van der Waals surface area (Å²) in [5.74, 6) is -1.13. The molecule has 0 aliphatic rings. The van der Waals surface area contributed by atoms with Gasteiger partial charge in [-0.05, 0) is 37.6 Å². The molecule has 7 nitrogen and oxygen atoms in total. The van der Waals surface area contributed by atoms with Crippen molar-refractivity contribution >= 4 is 17.8 Å². The average molecular weight is 308 g/mol. The van der Waals surface area contributed by atoms with Crippen molar-refractivity contribution in [2.45, 2.75) is 26.4 Å². The lowest BCUT2D eigenvalue weighted by Gasteiger charge is -2.13. The molecule has 0 saturated carbocycles. The Labute approximate surface area is 128 Å². The van der Waals surface area contributed by atoms with Crippen LogP contribution in [-0.2, 0) is 14.3 Å². The first-order chi connectivity index (χ1) is 10.4. The van der Waals surface area contributed by atoms with Crippen LogP contribution in [0.1, 0.15) is 30.6 Å². The molecule has 7 heteroatoms. The molecule has 1 atom stereocenters. The summed E-state index contributed by atoms with van der Waals surface area (Å²) in [7, 11) is 0. The van der Waals surface area contributed by atoms with E-state index >= 15 is 0 Å². The number of nitrogens with one attached hydrogen (secondary N) is 1. The molecular weight excluding hydrogens is 288 g/mol. The topological polar surface area (TPSA) is 108 Å². The van der Waals surface area contributed by atoms with E-state index in [-0.39, 0.29) is 18.1 Å². The van der Waals surface area contributed by atoms with Gasteiger partial charge in [0, 0.05) is 6.54 Å². The van der Waals surface area contributed by atoms with Gasteiger partial charge < -0.3 is 20.5 Å². The van der Waals surface area contributed by atoms with Crippen molar-refractivity contribution in [2.24, 2.45) is 5.73 Å². The Hall–Kier alpha value is -2.57. The van der Waals surface area contributed by atoms with Gasteiger partial charge >= 0.3 is 5.97 Å². The lowest BCUT2D eigenvalue weighted by Crippen LogP contribution is -2.36. The van der Waals surface area contributed by atoms with Crippen LogP contribution in [0, 0.1) is 0 Å². The van der Waals surface area contributed by atoms with Gasteiger partial charge in [-0.15, -0.1) is 0 Å². The van der Waals surface area contributed by atoms with Crippen LogP contribution in [0.2, 0.25) is 0 Å². The maximum atomic E-state index is 11.9. The molecule has 120 valence electrons. The maximum Gasteiger partial charge on any atom is 0.338 e. The molecule has 0 bridgehead atoms. The van der Waals surface area contributed by atoms with Crippen LogP contribution in [0.5, 0.6) is 5.75 Å². The number of amides is 2. The zero-order chi connectivity index (χ0) is 16.5.